The Hall–Kier alpha value is -1.74. The number of carbonyl (C=O) groups excluding carboxylic acids is 1. The van der Waals surface area contributed by atoms with Gasteiger partial charge in [0, 0.05) is 36.3 Å². The molecule has 0 spiro atoms. The molecule has 1 aliphatic heterocycles. The lowest BCUT2D eigenvalue weighted by Gasteiger charge is -2.38. The third kappa shape index (κ3) is 4.77. The van der Waals surface area contributed by atoms with Crippen molar-refractivity contribution in [3.05, 3.63) is 64.1 Å². The van der Waals surface area contributed by atoms with Gasteiger partial charge < -0.3 is 10.1 Å². The number of rotatable bonds is 7. The molecular formula is C22H27BrN2O4S. The van der Waals surface area contributed by atoms with Gasteiger partial charge in [-0.15, -0.1) is 0 Å². The van der Waals surface area contributed by atoms with Crippen LogP contribution in [0.1, 0.15) is 42.6 Å². The second-order valence-corrected chi connectivity index (χ2v) is 10.1. The number of hydrogen-bond donors (Lipinski definition) is 1. The van der Waals surface area contributed by atoms with Crippen LogP contribution in [0.5, 0.6) is 0 Å². The van der Waals surface area contributed by atoms with Gasteiger partial charge in [0.1, 0.15) is 0 Å². The maximum absolute atomic E-state index is 13.2. The number of hydrogen-bond acceptors (Lipinski definition) is 4. The van der Waals surface area contributed by atoms with E-state index in [1.165, 1.54) is 16.4 Å². The smallest absolute Gasteiger partial charge is 0.252 e. The van der Waals surface area contributed by atoms with Crippen molar-refractivity contribution in [2.45, 2.75) is 37.1 Å². The molecule has 8 heteroatoms. The first-order chi connectivity index (χ1) is 14.3. The highest BCUT2D eigenvalue weighted by Crippen LogP contribution is 2.34. The van der Waals surface area contributed by atoms with Crippen LogP contribution >= 0.6 is 15.9 Å². The van der Waals surface area contributed by atoms with Crippen molar-refractivity contribution in [1.82, 2.24) is 9.62 Å². The monoisotopic (exact) mass is 494 g/mol. The predicted octanol–water partition coefficient (Wildman–Crippen LogP) is 3.92. The molecule has 1 fully saturated rings. The first-order valence-electron chi connectivity index (χ1n) is 10.1. The van der Waals surface area contributed by atoms with Gasteiger partial charge in [0.25, 0.3) is 5.91 Å². The van der Waals surface area contributed by atoms with Crippen LogP contribution in [0.15, 0.2) is 57.9 Å². The standard InChI is InChI=1S/C22H27BrN2O4S/c1-3-25(4-2)30(27,28)20-10-5-7-17(15-20)21(26)24-22(11-13-29-14-12-22)18-8-6-9-19(23)16-18/h5-10,15-16H,3-4,11-14H2,1-2H3,(H,24,26). The molecule has 30 heavy (non-hydrogen) atoms. The minimum atomic E-state index is -3.64. The molecule has 0 bridgehead atoms. The molecule has 1 heterocycles. The molecule has 162 valence electrons. The Morgan fingerprint density at radius 3 is 2.40 bits per heavy atom. The largest absolute Gasteiger partial charge is 0.381 e. The fourth-order valence-corrected chi connectivity index (χ4v) is 5.70. The second kappa shape index (κ2) is 9.60. The number of carbonyl (C=O) groups is 1. The molecule has 1 N–H and O–H groups in total. The minimum absolute atomic E-state index is 0.127. The Morgan fingerprint density at radius 1 is 1.10 bits per heavy atom. The predicted molar refractivity (Wildman–Crippen MR) is 120 cm³/mol. The summed E-state index contributed by atoms with van der Waals surface area (Å²) in [6.45, 7) is 5.43. The summed E-state index contributed by atoms with van der Waals surface area (Å²) in [6, 6.07) is 14.1. The summed E-state index contributed by atoms with van der Waals surface area (Å²) < 4.78 is 33.6. The zero-order chi connectivity index (χ0) is 21.8. The van der Waals surface area contributed by atoms with Crippen LogP contribution in [0.2, 0.25) is 0 Å². The second-order valence-electron chi connectivity index (χ2n) is 7.28. The van der Waals surface area contributed by atoms with Gasteiger partial charge >= 0.3 is 0 Å². The van der Waals surface area contributed by atoms with Gasteiger partial charge in [-0.3, -0.25) is 4.79 Å². The number of nitrogens with zero attached hydrogens (tertiary/aromatic N) is 1. The summed E-state index contributed by atoms with van der Waals surface area (Å²) in [5.41, 5.74) is 0.761. The Morgan fingerprint density at radius 2 is 1.77 bits per heavy atom. The van der Waals surface area contributed by atoms with E-state index in [9.17, 15) is 13.2 Å². The Kier molecular flexibility index (Phi) is 7.34. The van der Waals surface area contributed by atoms with Crippen LogP contribution in [-0.2, 0) is 20.3 Å². The van der Waals surface area contributed by atoms with E-state index in [0.29, 0.717) is 44.7 Å². The fourth-order valence-electron chi connectivity index (χ4n) is 3.79. The first kappa shape index (κ1) is 22.9. The van der Waals surface area contributed by atoms with Crippen molar-refractivity contribution >= 4 is 31.9 Å². The van der Waals surface area contributed by atoms with Crippen molar-refractivity contribution in [1.29, 1.82) is 0 Å². The van der Waals surface area contributed by atoms with Gasteiger partial charge in [0.2, 0.25) is 10.0 Å². The number of amides is 1. The molecular weight excluding hydrogens is 468 g/mol. The summed E-state index contributed by atoms with van der Waals surface area (Å²) in [6.07, 6.45) is 1.29. The minimum Gasteiger partial charge on any atom is -0.381 e. The lowest BCUT2D eigenvalue weighted by molar-refractivity contribution is 0.0345. The van der Waals surface area contributed by atoms with E-state index in [-0.39, 0.29) is 10.8 Å². The summed E-state index contributed by atoms with van der Waals surface area (Å²) >= 11 is 3.51. The highest BCUT2D eigenvalue weighted by atomic mass is 79.9. The van der Waals surface area contributed by atoms with E-state index in [2.05, 4.69) is 21.2 Å². The Labute approximate surface area is 186 Å². The third-order valence-electron chi connectivity index (χ3n) is 5.52. The number of halogens is 1. The third-order valence-corrected chi connectivity index (χ3v) is 8.05. The molecule has 0 atom stereocenters. The van der Waals surface area contributed by atoms with Gasteiger partial charge in [-0.1, -0.05) is 48.0 Å². The number of ether oxygens (including phenoxy) is 1. The molecule has 1 aliphatic rings. The van der Waals surface area contributed by atoms with Gasteiger partial charge in [0.05, 0.1) is 10.4 Å². The van der Waals surface area contributed by atoms with Crippen LogP contribution in [0, 0.1) is 0 Å². The topological polar surface area (TPSA) is 75.7 Å². The lowest BCUT2D eigenvalue weighted by atomic mass is 9.82. The molecule has 6 nitrogen and oxygen atoms in total. The van der Waals surface area contributed by atoms with E-state index in [0.717, 1.165) is 10.0 Å². The number of nitrogens with one attached hydrogen (secondary N) is 1. The van der Waals surface area contributed by atoms with Crippen molar-refractivity contribution in [3.8, 4) is 0 Å². The summed E-state index contributed by atoms with van der Waals surface area (Å²) in [4.78, 5) is 13.3. The van der Waals surface area contributed by atoms with Crippen LogP contribution in [0.4, 0.5) is 0 Å². The van der Waals surface area contributed by atoms with Crippen LogP contribution in [0.25, 0.3) is 0 Å². The van der Waals surface area contributed by atoms with Crippen molar-refractivity contribution in [2.24, 2.45) is 0 Å². The van der Waals surface area contributed by atoms with Crippen molar-refractivity contribution in [2.75, 3.05) is 26.3 Å². The quantitative estimate of drug-likeness (QED) is 0.632. The molecule has 0 radical (unpaired) electrons. The maximum Gasteiger partial charge on any atom is 0.252 e. The van der Waals surface area contributed by atoms with Gasteiger partial charge in [-0.05, 0) is 48.7 Å². The molecule has 2 aromatic rings. The average molecular weight is 495 g/mol. The summed E-state index contributed by atoms with van der Waals surface area (Å²) in [5.74, 6) is -0.298. The molecule has 0 saturated carbocycles. The SMILES string of the molecule is CCN(CC)S(=O)(=O)c1cccc(C(=O)NC2(c3cccc(Br)c3)CCOCC2)c1. The molecule has 2 aromatic carbocycles. The van der Waals surface area contributed by atoms with E-state index in [1.807, 2.05) is 24.3 Å². The Bertz CT molecular complexity index is 1000. The summed E-state index contributed by atoms with van der Waals surface area (Å²) in [7, 11) is -3.64. The van der Waals surface area contributed by atoms with Gasteiger partial charge in [-0.25, -0.2) is 8.42 Å². The highest BCUT2D eigenvalue weighted by Gasteiger charge is 2.36. The first-order valence-corrected chi connectivity index (χ1v) is 12.3. The maximum atomic E-state index is 13.2. The van der Waals surface area contributed by atoms with Crippen molar-refractivity contribution in [3.63, 3.8) is 0 Å². The average Bonchev–Trinajstić information content (AvgIpc) is 2.75. The fraction of sp³-hybridized carbons (Fsp3) is 0.409. The van der Waals surface area contributed by atoms with Crippen LogP contribution in [-0.4, -0.2) is 44.9 Å². The molecule has 0 aromatic heterocycles. The summed E-state index contributed by atoms with van der Waals surface area (Å²) in [5, 5.41) is 3.18. The molecule has 3 rings (SSSR count). The van der Waals surface area contributed by atoms with Crippen molar-refractivity contribution < 1.29 is 17.9 Å². The van der Waals surface area contributed by atoms with E-state index >= 15 is 0 Å². The van der Waals surface area contributed by atoms with Crippen LogP contribution < -0.4 is 5.32 Å². The lowest BCUT2D eigenvalue weighted by Crippen LogP contribution is -2.49. The number of sulfonamides is 1. The molecule has 1 saturated heterocycles. The molecule has 0 unspecified atom stereocenters. The van der Waals surface area contributed by atoms with Gasteiger partial charge in [-0.2, -0.15) is 4.31 Å². The zero-order valence-corrected chi connectivity index (χ0v) is 19.6. The molecule has 1 amide bonds. The zero-order valence-electron chi connectivity index (χ0n) is 17.2. The molecule has 0 aliphatic carbocycles. The van der Waals surface area contributed by atoms with E-state index < -0.39 is 15.6 Å². The highest BCUT2D eigenvalue weighted by molar-refractivity contribution is 9.10. The number of benzene rings is 2. The van der Waals surface area contributed by atoms with E-state index in [1.54, 1.807) is 26.0 Å². The van der Waals surface area contributed by atoms with Gasteiger partial charge in [0.15, 0.2) is 0 Å². The normalized spacial score (nSPS) is 16.4. The van der Waals surface area contributed by atoms with Crippen LogP contribution in [0.3, 0.4) is 0 Å². The van der Waals surface area contributed by atoms with E-state index in [4.69, 9.17) is 4.74 Å². The Balaban J connectivity index is 1.92.